The lowest BCUT2D eigenvalue weighted by atomic mass is 9.96. The maximum Gasteiger partial charge on any atom is 0.226 e. The highest BCUT2D eigenvalue weighted by atomic mass is 32.2. The Morgan fingerprint density at radius 2 is 2.12 bits per heavy atom. The average Bonchev–Trinajstić information content (AvgIpc) is 2.90. The van der Waals surface area contributed by atoms with E-state index in [2.05, 4.69) is 17.1 Å². The molecule has 0 aliphatic carbocycles. The highest BCUT2D eigenvalue weighted by Crippen LogP contribution is 2.26. The van der Waals surface area contributed by atoms with Gasteiger partial charge in [-0.2, -0.15) is 11.8 Å². The third-order valence-corrected chi connectivity index (χ3v) is 5.07. The molecule has 2 rings (SSSR count). The van der Waals surface area contributed by atoms with E-state index in [1.54, 1.807) is 0 Å². The first-order valence-corrected chi connectivity index (χ1v) is 8.04. The summed E-state index contributed by atoms with van der Waals surface area (Å²) < 4.78 is 0. The van der Waals surface area contributed by atoms with Crippen molar-refractivity contribution in [1.82, 2.24) is 10.2 Å². The third-order valence-electron chi connectivity index (χ3n) is 3.91. The number of rotatable bonds is 4. The molecule has 2 saturated heterocycles. The summed E-state index contributed by atoms with van der Waals surface area (Å²) >= 11 is 1.93. The van der Waals surface area contributed by atoms with Crippen LogP contribution in [0.3, 0.4) is 0 Å². The second kappa shape index (κ2) is 6.64. The summed E-state index contributed by atoms with van der Waals surface area (Å²) in [5, 5.41) is 3.38. The van der Waals surface area contributed by atoms with Crippen molar-refractivity contribution in [2.45, 2.75) is 26.2 Å². The van der Waals surface area contributed by atoms with Gasteiger partial charge in [-0.05, 0) is 50.9 Å². The predicted octanol–water partition coefficient (Wildman–Crippen LogP) is 1.59. The zero-order valence-electron chi connectivity index (χ0n) is 10.8. The normalized spacial score (nSPS) is 26.1. The summed E-state index contributed by atoms with van der Waals surface area (Å²) in [6.07, 6.45) is 3.54. The molecule has 4 heteroatoms. The van der Waals surface area contributed by atoms with Gasteiger partial charge < -0.3 is 10.2 Å². The standard InChI is InChI=1S/C13H24N2OS/c1-2-15(9-11-3-6-14-7-4-11)13(16)12-5-8-17-10-12/h11-12,14H,2-10H2,1H3. The second-order valence-electron chi connectivity index (χ2n) is 5.13. The monoisotopic (exact) mass is 256 g/mol. The number of carbonyl (C=O) groups excluding carboxylic acids is 1. The van der Waals surface area contributed by atoms with Crippen LogP contribution in [0.25, 0.3) is 0 Å². The Morgan fingerprint density at radius 1 is 1.35 bits per heavy atom. The van der Waals surface area contributed by atoms with E-state index in [0.29, 0.717) is 17.7 Å². The first-order valence-electron chi connectivity index (χ1n) is 6.88. The topological polar surface area (TPSA) is 32.3 Å². The fourth-order valence-corrected chi connectivity index (χ4v) is 3.95. The molecular formula is C13H24N2OS. The largest absolute Gasteiger partial charge is 0.342 e. The summed E-state index contributed by atoms with van der Waals surface area (Å²) in [5.74, 6) is 3.65. The van der Waals surface area contributed by atoms with E-state index < -0.39 is 0 Å². The van der Waals surface area contributed by atoms with Crippen molar-refractivity contribution in [3.05, 3.63) is 0 Å². The Morgan fingerprint density at radius 3 is 2.71 bits per heavy atom. The molecule has 0 spiro atoms. The number of amides is 1. The van der Waals surface area contributed by atoms with Crippen molar-refractivity contribution in [3.63, 3.8) is 0 Å². The van der Waals surface area contributed by atoms with Gasteiger partial charge in [0.25, 0.3) is 0 Å². The SMILES string of the molecule is CCN(CC1CCNCC1)C(=O)C1CCSC1. The molecule has 2 fully saturated rings. The van der Waals surface area contributed by atoms with Crippen molar-refractivity contribution in [1.29, 1.82) is 0 Å². The van der Waals surface area contributed by atoms with E-state index in [1.165, 1.54) is 18.6 Å². The molecule has 0 aromatic heterocycles. The molecule has 0 bridgehead atoms. The lowest BCUT2D eigenvalue weighted by molar-refractivity contribution is -0.135. The quantitative estimate of drug-likeness (QED) is 0.829. The van der Waals surface area contributed by atoms with Crippen molar-refractivity contribution < 1.29 is 4.79 Å². The number of hydrogen-bond donors (Lipinski definition) is 1. The Hall–Kier alpha value is -0.220. The van der Waals surface area contributed by atoms with Crippen LogP contribution in [-0.2, 0) is 4.79 Å². The van der Waals surface area contributed by atoms with Crippen LogP contribution in [0.5, 0.6) is 0 Å². The molecule has 0 aromatic rings. The minimum Gasteiger partial charge on any atom is -0.342 e. The number of piperidine rings is 1. The first-order chi connectivity index (χ1) is 8.31. The van der Waals surface area contributed by atoms with Gasteiger partial charge in [-0.25, -0.2) is 0 Å². The van der Waals surface area contributed by atoms with Crippen LogP contribution in [0.4, 0.5) is 0 Å². The number of nitrogens with one attached hydrogen (secondary N) is 1. The molecule has 0 radical (unpaired) electrons. The molecule has 1 atom stereocenters. The van der Waals surface area contributed by atoms with E-state index in [0.717, 1.165) is 38.4 Å². The van der Waals surface area contributed by atoms with Crippen LogP contribution >= 0.6 is 11.8 Å². The Balaban J connectivity index is 1.83. The van der Waals surface area contributed by atoms with Crippen LogP contribution in [-0.4, -0.2) is 48.5 Å². The molecule has 2 aliphatic rings. The minimum atomic E-state index is 0.307. The van der Waals surface area contributed by atoms with Crippen molar-refractivity contribution in [2.75, 3.05) is 37.7 Å². The lowest BCUT2D eigenvalue weighted by Gasteiger charge is -2.30. The molecule has 98 valence electrons. The minimum absolute atomic E-state index is 0.307. The molecule has 0 aromatic carbocycles. The fourth-order valence-electron chi connectivity index (χ4n) is 2.74. The fraction of sp³-hybridized carbons (Fsp3) is 0.923. The predicted molar refractivity (Wildman–Crippen MR) is 73.3 cm³/mol. The molecular weight excluding hydrogens is 232 g/mol. The zero-order valence-corrected chi connectivity index (χ0v) is 11.6. The lowest BCUT2D eigenvalue weighted by Crippen LogP contribution is -2.41. The second-order valence-corrected chi connectivity index (χ2v) is 6.28. The molecule has 1 amide bonds. The molecule has 3 nitrogen and oxygen atoms in total. The van der Waals surface area contributed by atoms with Crippen LogP contribution in [0, 0.1) is 11.8 Å². The molecule has 2 aliphatic heterocycles. The van der Waals surface area contributed by atoms with E-state index in [4.69, 9.17) is 0 Å². The zero-order chi connectivity index (χ0) is 12.1. The van der Waals surface area contributed by atoms with Gasteiger partial charge in [0.1, 0.15) is 0 Å². The number of hydrogen-bond acceptors (Lipinski definition) is 3. The van der Waals surface area contributed by atoms with Gasteiger partial charge in [0, 0.05) is 24.8 Å². The van der Waals surface area contributed by atoms with Gasteiger partial charge in [-0.15, -0.1) is 0 Å². The van der Waals surface area contributed by atoms with Gasteiger partial charge in [-0.3, -0.25) is 4.79 Å². The Bertz CT molecular complexity index is 248. The van der Waals surface area contributed by atoms with E-state index >= 15 is 0 Å². The van der Waals surface area contributed by atoms with Crippen LogP contribution in [0.2, 0.25) is 0 Å². The van der Waals surface area contributed by atoms with Crippen LogP contribution in [0.15, 0.2) is 0 Å². The van der Waals surface area contributed by atoms with Gasteiger partial charge >= 0.3 is 0 Å². The number of carbonyl (C=O) groups is 1. The molecule has 1 unspecified atom stereocenters. The van der Waals surface area contributed by atoms with Crippen molar-refractivity contribution >= 4 is 17.7 Å². The highest BCUT2D eigenvalue weighted by molar-refractivity contribution is 7.99. The summed E-state index contributed by atoms with van der Waals surface area (Å²) in [5.41, 5.74) is 0. The Labute approximate surface area is 109 Å². The maximum absolute atomic E-state index is 12.3. The van der Waals surface area contributed by atoms with Crippen molar-refractivity contribution in [2.24, 2.45) is 11.8 Å². The summed E-state index contributed by atoms with van der Waals surface area (Å²) in [6, 6.07) is 0. The highest BCUT2D eigenvalue weighted by Gasteiger charge is 2.28. The van der Waals surface area contributed by atoms with Gasteiger partial charge in [0.05, 0.1) is 0 Å². The number of thioether (sulfide) groups is 1. The first kappa shape index (κ1) is 13.2. The smallest absolute Gasteiger partial charge is 0.226 e. The van der Waals surface area contributed by atoms with E-state index in [1.807, 2.05) is 11.8 Å². The van der Waals surface area contributed by atoms with E-state index in [9.17, 15) is 4.79 Å². The summed E-state index contributed by atoms with van der Waals surface area (Å²) in [7, 11) is 0. The van der Waals surface area contributed by atoms with Crippen LogP contribution in [0.1, 0.15) is 26.2 Å². The summed E-state index contributed by atoms with van der Waals surface area (Å²) in [6.45, 7) is 6.22. The molecule has 1 N–H and O–H groups in total. The maximum atomic E-state index is 12.3. The third kappa shape index (κ3) is 3.62. The molecule has 17 heavy (non-hydrogen) atoms. The van der Waals surface area contributed by atoms with Gasteiger partial charge in [0.2, 0.25) is 5.91 Å². The summed E-state index contributed by atoms with van der Waals surface area (Å²) in [4.78, 5) is 14.5. The van der Waals surface area contributed by atoms with Crippen molar-refractivity contribution in [3.8, 4) is 0 Å². The number of nitrogens with zero attached hydrogens (tertiary/aromatic N) is 1. The molecule has 0 saturated carbocycles. The van der Waals surface area contributed by atoms with Gasteiger partial charge in [0.15, 0.2) is 0 Å². The molecule has 2 heterocycles. The Kier molecular flexibility index (Phi) is 5.16. The van der Waals surface area contributed by atoms with Crippen LogP contribution < -0.4 is 5.32 Å². The van der Waals surface area contributed by atoms with Gasteiger partial charge in [-0.1, -0.05) is 0 Å². The van der Waals surface area contributed by atoms with E-state index in [-0.39, 0.29) is 0 Å². The average molecular weight is 256 g/mol.